The molecule has 108 valence electrons. The molecule has 2 heterocycles. The van der Waals surface area contributed by atoms with Gasteiger partial charge in [-0.3, -0.25) is 9.48 Å². The molecular formula is C13H23ClN4O. The van der Waals surface area contributed by atoms with Gasteiger partial charge in [-0.25, -0.2) is 0 Å². The zero-order valence-corrected chi connectivity index (χ0v) is 12.6. The molecule has 1 aliphatic rings. The van der Waals surface area contributed by atoms with Gasteiger partial charge < -0.3 is 10.2 Å². The summed E-state index contributed by atoms with van der Waals surface area (Å²) in [5.74, 6) is 0.548. The Morgan fingerprint density at radius 3 is 2.89 bits per heavy atom. The molecule has 1 aromatic rings. The molecule has 0 radical (unpaired) electrons. The number of rotatable bonds is 4. The van der Waals surface area contributed by atoms with Crippen molar-refractivity contribution in [3.05, 3.63) is 18.0 Å². The van der Waals surface area contributed by atoms with Gasteiger partial charge in [-0.15, -0.1) is 12.4 Å². The summed E-state index contributed by atoms with van der Waals surface area (Å²) in [5, 5.41) is 7.52. The highest BCUT2D eigenvalue weighted by atomic mass is 35.5. The van der Waals surface area contributed by atoms with Gasteiger partial charge in [-0.1, -0.05) is 6.92 Å². The standard InChI is InChI=1S/C13H22N4O.ClH/c1-4-5-16(2)13(18)12-8-14-7-11(12)10-6-15-17(3)9-10;/h6,9,11-12,14H,4-5,7-8H2,1-3H3;1H/t11-,12+;/m1./s1. The molecule has 6 heteroatoms. The van der Waals surface area contributed by atoms with Crippen LogP contribution in [0.4, 0.5) is 0 Å². The number of carbonyl (C=O) groups is 1. The number of nitrogens with one attached hydrogen (secondary N) is 1. The van der Waals surface area contributed by atoms with Crippen molar-refractivity contribution in [3.8, 4) is 0 Å². The molecule has 2 atom stereocenters. The third-order valence-electron chi connectivity index (χ3n) is 3.62. The van der Waals surface area contributed by atoms with Crippen LogP contribution >= 0.6 is 12.4 Å². The van der Waals surface area contributed by atoms with E-state index < -0.39 is 0 Å². The largest absolute Gasteiger partial charge is 0.345 e. The lowest BCUT2D eigenvalue weighted by Gasteiger charge is -2.23. The zero-order chi connectivity index (χ0) is 13.1. The minimum absolute atomic E-state index is 0. The zero-order valence-electron chi connectivity index (χ0n) is 11.8. The summed E-state index contributed by atoms with van der Waals surface area (Å²) in [4.78, 5) is 14.2. The molecule has 5 nitrogen and oxygen atoms in total. The van der Waals surface area contributed by atoms with Gasteiger partial charge in [0.15, 0.2) is 0 Å². The van der Waals surface area contributed by atoms with Crippen molar-refractivity contribution in [2.75, 3.05) is 26.7 Å². The van der Waals surface area contributed by atoms with Gasteiger partial charge >= 0.3 is 0 Å². The van der Waals surface area contributed by atoms with Crippen molar-refractivity contribution < 1.29 is 4.79 Å². The van der Waals surface area contributed by atoms with Gasteiger partial charge in [0.05, 0.1) is 12.1 Å². The van der Waals surface area contributed by atoms with E-state index in [0.29, 0.717) is 0 Å². The fourth-order valence-corrected chi connectivity index (χ4v) is 2.65. The van der Waals surface area contributed by atoms with Gasteiger partial charge in [0.25, 0.3) is 0 Å². The predicted molar refractivity (Wildman–Crippen MR) is 77.5 cm³/mol. The molecule has 1 amide bonds. The van der Waals surface area contributed by atoms with E-state index in [1.807, 2.05) is 31.4 Å². The van der Waals surface area contributed by atoms with Crippen molar-refractivity contribution in [1.82, 2.24) is 20.0 Å². The maximum Gasteiger partial charge on any atom is 0.227 e. The molecule has 1 fully saturated rings. The van der Waals surface area contributed by atoms with E-state index in [1.54, 1.807) is 4.68 Å². The molecule has 1 aliphatic heterocycles. The lowest BCUT2D eigenvalue weighted by molar-refractivity contribution is -0.134. The fraction of sp³-hybridized carbons (Fsp3) is 0.692. The number of hydrogen-bond donors (Lipinski definition) is 1. The van der Waals surface area contributed by atoms with Crippen LogP contribution in [0.3, 0.4) is 0 Å². The Morgan fingerprint density at radius 1 is 1.58 bits per heavy atom. The van der Waals surface area contributed by atoms with Crippen LogP contribution in [0.5, 0.6) is 0 Å². The van der Waals surface area contributed by atoms with E-state index >= 15 is 0 Å². The van der Waals surface area contributed by atoms with Crippen molar-refractivity contribution >= 4 is 18.3 Å². The average Bonchev–Trinajstić information content (AvgIpc) is 2.96. The van der Waals surface area contributed by atoms with Gasteiger partial charge in [0.2, 0.25) is 5.91 Å². The van der Waals surface area contributed by atoms with Crippen molar-refractivity contribution in [1.29, 1.82) is 0 Å². The van der Waals surface area contributed by atoms with Crippen LogP contribution in [0.1, 0.15) is 24.8 Å². The first-order valence-corrected chi connectivity index (χ1v) is 6.57. The van der Waals surface area contributed by atoms with Crippen LogP contribution in [0, 0.1) is 5.92 Å². The van der Waals surface area contributed by atoms with E-state index in [-0.39, 0.29) is 30.2 Å². The Balaban J connectivity index is 0.00000180. The van der Waals surface area contributed by atoms with Gasteiger partial charge in [0, 0.05) is 45.8 Å². The lowest BCUT2D eigenvalue weighted by Crippen LogP contribution is -2.36. The number of halogens is 1. The Bertz CT molecular complexity index is 421. The molecule has 0 aliphatic carbocycles. The van der Waals surface area contributed by atoms with Crippen LogP contribution < -0.4 is 5.32 Å². The first-order valence-electron chi connectivity index (χ1n) is 6.57. The summed E-state index contributed by atoms with van der Waals surface area (Å²) in [7, 11) is 3.80. The average molecular weight is 287 g/mol. The van der Waals surface area contributed by atoms with Gasteiger partial charge in [-0.2, -0.15) is 5.10 Å². The molecular weight excluding hydrogens is 264 g/mol. The second kappa shape index (κ2) is 6.91. The highest BCUT2D eigenvalue weighted by Crippen LogP contribution is 2.29. The van der Waals surface area contributed by atoms with Crippen LogP contribution in [-0.4, -0.2) is 47.3 Å². The van der Waals surface area contributed by atoms with Gasteiger partial charge in [-0.05, 0) is 12.0 Å². The molecule has 1 saturated heterocycles. The van der Waals surface area contributed by atoms with Crippen molar-refractivity contribution in [2.45, 2.75) is 19.3 Å². The maximum absolute atomic E-state index is 12.4. The second-order valence-electron chi connectivity index (χ2n) is 5.08. The van der Waals surface area contributed by atoms with Crippen LogP contribution in [0.2, 0.25) is 0 Å². The quantitative estimate of drug-likeness (QED) is 0.899. The van der Waals surface area contributed by atoms with Crippen LogP contribution in [-0.2, 0) is 11.8 Å². The summed E-state index contributed by atoms with van der Waals surface area (Å²) < 4.78 is 1.80. The highest BCUT2D eigenvalue weighted by Gasteiger charge is 2.35. The smallest absolute Gasteiger partial charge is 0.227 e. The number of aromatic nitrogens is 2. The highest BCUT2D eigenvalue weighted by molar-refractivity contribution is 5.85. The van der Waals surface area contributed by atoms with Crippen LogP contribution in [0.25, 0.3) is 0 Å². The Morgan fingerprint density at radius 2 is 2.32 bits per heavy atom. The van der Waals surface area contributed by atoms with E-state index in [4.69, 9.17) is 0 Å². The Hall–Kier alpha value is -1.07. The topological polar surface area (TPSA) is 50.2 Å². The third kappa shape index (κ3) is 3.48. The SMILES string of the molecule is CCCN(C)C(=O)[C@H]1CNC[C@@H]1c1cnn(C)c1.Cl. The molecule has 0 saturated carbocycles. The number of carbonyl (C=O) groups excluding carboxylic acids is 1. The van der Waals surface area contributed by atoms with E-state index in [2.05, 4.69) is 17.3 Å². The number of aryl methyl sites for hydroxylation is 1. The van der Waals surface area contributed by atoms with E-state index in [1.165, 1.54) is 0 Å². The number of nitrogens with zero attached hydrogens (tertiary/aromatic N) is 3. The Labute approximate surface area is 120 Å². The summed E-state index contributed by atoms with van der Waals surface area (Å²) in [6, 6.07) is 0. The molecule has 1 N–H and O–H groups in total. The predicted octanol–water partition coefficient (Wildman–Crippen LogP) is 1.01. The molecule has 1 aromatic heterocycles. The summed E-state index contributed by atoms with van der Waals surface area (Å²) in [5.41, 5.74) is 1.16. The monoisotopic (exact) mass is 286 g/mol. The van der Waals surface area contributed by atoms with Gasteiger partial charge in [0.1, 0.15) is 0 Å². The third-order valence-corrected chi connectivity index (χ3v) is 3.62. The molecule has 2 rings (SSSR count). The van der Waals surface area contributed by atoms with Crippen molar-refractivity contribution in [3.63, 3.8) is 0 Å². The molecule has 0 bridgehead atoms. The fourth-order valence-electron chi connectivity index (χ4n) is 2.65. The summed E-state index contributed by atoms with van der Waals surface area (Å²) >= 11 is 0. The Kier molecular flexibility index (Phi) is 5.82. The maximum atomic E-state index is 12.4. The molecule has 0 spiro atoms. The minimum atomic E-state index is 0. The normalized spacial score (nSPS) is 22.1. The first-order chi connectivity index (χ1) is 8.63. The van der Waals surface area contributed by atoms with E-state index in [9.17, 15) is 4.79 Å². The van der Waals surface area contributed by atoms with Crippen LogP contribution in [0.15, 0.2) is 12.4 Å². The number of amides is 1. The minimum Gasteiger partial charge on any atom is -0.345 e. The molecule has 19 heavy (non-hydrogen) atoms. The van der Waals surface area contributed by atoms with E-state index in [0.717, 1.165) is 31.6 Å². The number of hydrogen-bond acceptors (Lipinski definition) is 3. The lowest BCUT2D eigenvalue weighted by atomic mass is 9.90. The first kappa shape index (κ1) is 16.0. The summed E-state index contributed by atoms with van der Waals surface area (Å²) in [6.07, 6.45) is 4.88. The molecule has 0 aromatic carbocycles. The molecule has 0 unspecified atom stereocenters. The summed E-state index contributed by atoms with van der Waals surface area (Å²) in [6.45, 7) is 4.55. The van der Waals surface area contributed by atoms with Crippen molar-refractivity contribution in [2.24, 2.45) is 13.0 Å². The second-order valence-corrected chi connectivity index (χ2v) is 5.08.